The van der Waals surface area contributed by atoms with Crippen LogP contribution in [0.3, 0.4) is 0 Å². The van der Waals surface area contributed by atoms with Gasteiger partial charge in [-0.15, -0.1) is 0 Å². The second-order valence-corrected chi connectivity index (χ2v) is 5.39. The molecule has 0 N–H and O–H groups in total. The molecular formula is C8H17NO3Si. The summed E-state index contributed by atoms with van der Waals surface area (Å²) in [6.07, 6.45) is 3.39. The molecule has 0 radical (unpaired) electrons. The van der Waals surface area contributed by atoms with Gasteiger partial charge in [-0.1, -0.05) is 13.3 Å². The average Bonchev–Trinajstić information content (AvgIpc) is 2.17. The molecule has 0 aromatic heterocycles. The maximum atomic E-state index is 9.84. The van der Waals surface area contributed by atoms with Gasteiger partial charge in [0.1, 0.15) is 0 Å². The molecule has 13 heavy (non-hydrogen) atoms. The summed E-state index contributed by atoms with van der Waals surface area (Å²) in [5.74, 6) is 0. The van der Waals surface area contributed by atoms with Crippen molar-refractivity contribution in [2.45, 2.75) is 25.3 Å². The second kappa shape index (κ2) is 8.13. The first-order valence-corrected chi connectivity index (χ1v) is 6.00. The lowest BCUT2D eigenvalue weighted by Crippen LogP contribution is -2.26. The van der Waals surface area contributed by atoms with Crippen LogP contribution < -0.4 is 0 Å². The number of hydrogen-bond donors (Lipinski definition) is 0. The Labute approximate surface area is 80.8 Å². The third-order valence-electron chi connectivity index (χ3n) is 2.05. The monoisotopic (exact) mass is 203 g/mol. The van der Waals surface area contributed by atoms with E-state index in [2.05, 4.69) is 11.9 Å². The van der Waals surface area contributed by atoms with Gasteiger partial charge in [0.15, 0.2) is 0 Å². The fourth-order valence-corrected chi connectivity index (χ4v) is 3.06. The molecule has 0 aromatic rings. The number of isocyanates is 1. The Balaban J connectivity index is 3.91. The van der Waals surface area contributed by atoms with Crippen LogP contribution in [-0.2, 0) is 13.6 Å². The molecule has 0 fully saturated rings. The van der Waals surface area contributed by atoms with E-state index in [4.69, 9.17) is 8.85 Å². The third-order valence-corrected chi connectivity index (χ3v) is 4.55. The van der Waals surface area contributed by atoms with Crippen molar-refractivity contribution in [3.8, 4) is 0 Å². The molecule has 0 bridgehead atoms. The van der Waals surface area contributed by atoms with E-state index in [1.807, 2.05) is 0 Å². The van der Waals surface area contributed by atoms with Crippen LogP contribution in [0.25, 0.3) is 0 Å². The summed E-state index contributed by atoms with van der Waals surface area (Å²) in [5, 5.41) is 0. The van der Waals surface area contributed by atoms with E-state index >= 15 is 0 Å². The summed E-state index contributed by atoms with van der Waals surface area (Å²) in [6, 6.07) is 0. The minimum atomic E-state index is -1.54. The van der Waals surface area contributed by atoms with Gasteiger partial charge in [-0.05, 0) is 6.42 Å². The Hall–Kier alpha value is -0.483. The molecule has 0 aromatic carbocycles. The van der Waals surface area contributed by atoms with E-state index in [-0.39, 0.29) is 0 Å². The molecular weight excluding hydrogens is 186 g/mol. The highest BCUT2D eigenvalue weighted by Crippen LogP contribution is 2.20. The van der Waals surface area contributed by atoms with Crippen molar-refractivity contribution in [1.82, 2.24) is 0 Å². The molecule has 0 aliphatic heterocycles. The minimum Gasteiger partial charge on any atom is -0.400 e. The predicted octanol–water partition coefficient (Wildman–Crippen LogP) is 1.01. The Morgan fingerprint density at radius 2 is 2.08 bits per heavy atom. The van der Waals surface area contributed by atoms with Crippen molar-refractivity contribution in [2.75, 3.05) is 20.8 Å². The van der Waals surface area contributed by atoms with Crippen LogP contribution in [0.5, 0.6) is 0 Å². The topological polar surface area (TPSA) is 47.9 Å². The normalized spacial score (nSPS) is 12.6. The highest BCUT2D eigenvalue weighted by atomic mass is 28.3. The molecule has 1 atom stereocenters. The standard InChI is InChI=1S/C8H17NO3Si/c1-4-8(5-6-9-7-10)13(11-2)12-3/h8,13H,4-6H2,1-3H3. The summed E-state index contributed by atoms with van der Waals surface area (Å²) in [4.78, 5) is 13.4. The Bertz CT molecular complexity index is 167. The van der Waals surface area contributed by atoms with Gasteiger partial charge in [-0.25, -0.2) is 9.79 Å². The van der Waals surface area contributed by atoms with Gasteiger partial charge < -0.3 is 8.85 Å². The first-order chi connectivity index (χ1) is 6.29. The molecule has 76 valence electrons. The largest absolute Gasteiger partial charge is 0.400 e. The number of carbonyl (C=O) groups excluding carboxylic acids is 1. The molecule has 0 heterocycles. The van der Waals surface area contributed by atoms with Crippen molar-refractivity contribution >= 4 is 15.4 Å². The Kier molecular flexibility index (Phi) is 7.83. The highest BCUT2D eigenvalue weighted by Gasteiger charge is 2.21. The lowest BCUT2D eigenvalue weighted by Gasteiger charge is -2.20. The van der Waals surface area contributed by atoms with Crippen molar-refractivity contribution in [2.24, 2.45) is 4.99 Å². The summed E-state index contributed by atoms with van der Waals surface area (Å²) in [5.41, 5.74) is 0.423. The fourth-order valence-electron chi connectivity index (χ4n) is 1.29. The average molecular weight is 203 g/mol. The summed E-state index contributed by atoms with van der Waals surface area (Å²) in [6.45, 7) is 2.62. The van der Waals surface area contributed by atoms with Crippen LogP contribution in [0.1, 0.15) is 19.8 Å². The van der Waals surface area contributed by atoms with E-state index in [9.17, 15) is 4.79 Å². The number of nitrogens with zero attached hydrogens (tertiary/aromatic N) is 1. The van der Waals surface area contributed by atoms with E-state index < -0.39 is 9.28 Å². The number of rotatable bonds is 7. The van der Waals surface area contributed by atoms with Gasteiger partial charge in [0, 0.05) is 19.8 Å². The zero-order chi connectivity index (χ0) is 10.1. The van der Waals surface area contributed by atoms with Gasteiger partial charge in [-0.3, -0.25) is 0 Å². The van der Waals surface area contributed by atoms with E-state index in [0.717, 1.165) is 12.8 Å². The number of aliphatic imine (C=N–C) groups is 1. The van der Waals surface area contributed by atoms with Crippen molar-refractivity contribution in [3.63, 3.8) is 0 Å². The number of hydrogen-bond acceptors (Lipinski definition) is 4. The molecule has 0 saturated heterocycles. The van der Waals surface area contributed by atoms with Gasteiger partial charge in [0.25, 0.3) is 0 Å². The second-order valence-electron chi connectivity index (χ2n) is 2.77. The Morgan fingerprint density at radius 1 is 1.46 bits per heavy atom. The maximum Gasteiger partial charge on any atom is 0.324 e. The van der Waals surface area contributed by atoms with Crippen LogP contribution in [0.4, 0.5) is 0 Å². The highest BCUT2D eigenvalue weighted by molar-refractivity contribution is 6.46. The molecule has 0 amide bonds. The van der Waals surface area contributed by atoms with E-state index in [1.54, 1.807) is 14.2 Å². The maximum absolute atomic E-state index is 9.84. The molecule has 0 aliphatic rings. The zero-order valence-corrected chi connectivity index (χ0v) is 9.60. The van der Waals surface area contributed by atoms with Crippen LogP contribution in [0.15, 0.2) is 4.99 Å². The summed E-state index contributed by atoms with van der Waals surface area (Å²) < 4.78 is 10.5. The molecule has 4 nitrogen and oxygen atoms in total. The predicted molar refractivity (Wildman–Crippen MR) is 52.8 cm³/mol. The van der Waals surface area contributed by atoms with Gasteiger partial charge >= 0.3 is 9.28 Å². The molecule has 0 aliphatic carbocycles. The van der Waals surface area contributed by atoms with Gasteiger partial charge in [0.05, 0.1) is 6.54 Å². The van der Waals surface area contributed by atoms with Crippen molar-refractivity contribution in [3.05, 3.63) is 0 Å². The lowest BCUT2D eigenvalue weighted by atomic mass is 10.2. The molecule has 0 saturated carbocycles. The van der Waals surface area contributed by atoms with Crippen LogP contribution in [-0.4, -0.2) is 36.1 Å². The summed E-state index contributed by atoms with van der Waals surface area (Å²) >= 11 is 0. The van der Waals surface area contributed by atoms with Crippen molar-refractivity contribution in [1.29, 1.82) is 0 Å². The SMILES string of the molecule is CCC(CCN=C=O)[SiH](OC)OC. The fraction of sp³-hybridized carbons (Fsp3) is 0.875. The van der Waals surface area contributed by atoms with Crippen LogP contribution in [0.2, 0.25) is 5.54 Å². The molecule has 0 spiro atoms. The first-order valence-electron chi connectivity index (χ1n) is 4.39. The molecule has 0 rings (SSSR count). The summed E-state index contributed by atoms with van der Waals surface area (Å²) in [7, 11) is 1.81. The van der Waals surface area contributed by atoms with Crippen LogP contribution in [0, 0.1) is 0 Å². The quantitative estimate of drug-likeness (QED) is 0.352. The smallest absolute Gasteiger partial charge is 0.324 e. The van der Waals surface area contributed by atoms with Crippen LogP contribution >= 0.6 is 0 Å². The van der Waals surface area contributed by atoms with Crippen molar-refractivity contribution < 1.29 is 13.6 Å². The molecule has 5 heteroatoms. The first kappa shape index (κ1) is 12.5. The van der Waals surface area contributed by atoms with Gasteiger partial charge in [0.2, 0.25) is 6.08 Å². The molecule has 1 unspecified atom stereocenters. The zero-order valence-electron chi connectivity index (χ0n) is 8.45. The van der Waals surface area contributed by atoms with Gasteiger partial charge in [-0.2, -0.15) is 0 Å². The Morgan fingerprint density at radius 3 is 2.46 bits per heavy atom. The lowest BCUT2D eigenvalue weighted by molar-refractivity contribution is 0.261. The third kappa shape index (κ3) is 4.95. The van der Waals surface area contributed by atoms with E-state index in [0.29, 0.717) is 12.1 Å². The van der Waals surface area contributed by atoms with E-state index in [1.165, 1.54) is 6.08 Å². The minimum absolute atomic E-state index is 0.423.